The molecule has 2 N–H and O–H groups in total. The summed E-state index contributed by atoms with van der Waals surface area (Å²) in [5.41, 5.74) is 7.48. The summed E-state index contributed by atoms with van der Waals surface area (Å²) >= 11 is 0. The van der Waals surface area contributed by atoms with Crippen LogP contribution in [0.4, 0.5) is 0 Å². The third-order valence-electron chi connectivity index (χ3n) is 4.24. The first-order valence-corrected chi connectivity index (χ1v) is 7.32. The topological polar surface area (TPSA) is 29.3 Å². The van der Waals surface area contributed by atoms with E-state index in [-0.39, 0.29) is 0 Å². The second-order valence-electron chi connectivity index (χ2n) is 5.42. The van der Waals surface area contributed by atoms with Gasteiger partial charge in [0.05, 0.1) is 0 Å². The van der Waals surface area contributed by atoms with Crippen molar-refractivity contribution in [3.05, 3.63) is 48.0 Å². The van der Waals surface area contributed by atoms with E-state index in [1.165, 1.54) is 48.7 Å². The standard InChI is InChI=1S/C17H22N2/c18-13-17(19-11-4-1-5-12-19)16-10-6-8-14-7-2-3-9-15(14)16/h2-3,6-10,17H,1,4-5,11-13,18H2. The van der Waals surface area contributed by atoms with E-state index in [1.54, 1.807) is 0 Å². The number of nitrogens with zero attached hydrogens (tertiary/aromatic N) is 1. The molecule has 3 rings (SSSR count). The largest absolute Gasteiger partial charge is 0.329 e. The first-order chi connectivity index (χ1) is 9.40. The van der Waals surface area contributed by atoms with Gasteiger partial charge in [-0.1, -0.05) is 48.9 Å². The monoisotopic (exact) mass is 254 g/mol. The molecule has 1 heterocycles. The number of likely N-dealkylation sites (tertiary alicyclic amines) is 1. The van der Waals surface area contributed by atoms with Gasteiger partial charge in [-0.25, -0.2) is 0 Å². The molecule has 0 spiro atoms. The molecule has 2 heteroatoms. The highest BCUT2D eigenvalue weighted by Gasteiger charge is 2.22. The molecule has 2 aromatic carbocycles. The minimum absolute atomic E-state index is 0.367. The average molecular weight is 254 g/mol. The maximum Gasteiger partial charge on any atom is 0.0476 e. The van der Waals surface area contributed by atoms with E-state index in [1.807, 2.05) is 0 Å². The average Bonchev–Trinajstić information content (AvgIpc) is 2.49. The maximum atomic E-state index is 6.08. The van der Waals surface area contributed by atoms with Crippen LogP contribution in [0.2, 0.25) is 0 Å². The lowest BCUT2D eigenvalue weighted by atomic mass is 9.96. The molecule has 19 heavy (non-hydrogen) atoms. The summed E-state index contributed by atoms with van der Waals surface area (Å²) in [5.74, 6) is 0. The molecule has 100 valence electrons. The number of hydrogen-bond acceptors (Lipinski definition) is 2. The van der Waals surface area contributed by atoms with E-state index >= 15 is 0 Å². The van der Waals surface area contributed by atoms with E-state index in [9.17, 15) is 0 Å². The van der Waals surface area contributed by atoms with Crippen molar-refractivity contribution in [2.24, 2.45) is 5.73 Å². The fraction of sp³-hybridized carbons (Fsp3) is 0.412. The number of benzene rings is 2. The molecule has 1 aliphatic rings. The summed E-state index contributed by atoms with van der Waals surface area (Å²) in [6.07, 6.45) is 3.98. The predicted octanol–water partition coefficient (Wildman–Crippen LogP) is 3.33. The second-order valence-corrected chi connectivity index (χ2v) is 5.42. The Kier molecular flexibility index (Phi) is 3.81. The van der Waals surface area contributed by atoms with Crippen LogP contribution in [-0.4, -0.2) is 24.5 Å². The number of rotatable bonds is 3. The Balaban J connectivity index is 2.00. The Morgan fingerprint density at radius 1 is 0.947 bits per heavy atom. The first kappa shape index (κ1) is 12.6. The van der Waals surface area contributed by atoms with Crippen molar-refractivity contribution in [3.63, 3.8) is 0 Å². The summed E-state index contributed by atoms with van der Waals surface area (Å²) in [6.45, 7) is 3.07. The van der Waals surface area contributed by atoms with Crippen LogP contribution in [0.1, 0.15) is 30.9 Å². The maximum absolute atomic E-state index is 6.08. The van der Waals surface area contributed by atoms with Crippen LogP contribution in [-0.2, 0) is 0 Å². The van der Waals surface area contributed by atoms with Gasteiger partial charge in [0.2, 0.25) is 0 Å². The molecule has 2 nitrogen and oxygen atoms in total. The van der Waals surface area contributed by atoms with Gasteiger partial charge in [0, 0.05) is 12.6 Å². The minimum Gasteiger partial charge on any atom is -0.329 e. The summed E-state index contributed by atoms with van der Waals surface area (Å²) in [5, 5.41) is 2.67. The van der Waals surface area contributed by atoms with Crippen LogP contribution in [0.3, 0.4) is 0 Å². The van der Waals surface area contributed by atoms with Gasteiger partial charge in [-0.2, -0.15) is 0 Å². The van der Waals surface area contributed by atoms with Crippen molar-refractivity contribution in [2.45, 2.75) is 25.3 Å². The molecular weight excluding hydrogens is 232 g/mol. The molecule has 1 unspecified atom stereocenters. The lowest BCUT2D eigenvalue weighted by molar-refractivity contribution is 0.168. The Hall–Kier alpha value is -1.38. The number of piperidine rings is 1. The molecule has 0 radical (unpaired) electrons. The van der Waals surface area contributed by atoms with Gasteiger partial charge in [-0.3, -0.25) is 4.90 Å². The molecule has 1 aliphatic heterocycles. The molecule has 1 atom stereocenters. The normalized spacial score (nSPS) is 18.6. The van der Waals surface area contributed by atoms with Crippen molar-refractivity contribution in [1.82, 2.24) is 4.90 Å². The van der Waals surface area contributed by atoms with Crippen LogP contribution in [0.5, 0.6) is 0 Å². The van der Waals surface area contributed by atoms with E-state index in [2.05, 4.69) is 47.4 Å². The van der Waals surface area contributed by atoms with E-state index in [4.69, 9.17) is 5.73 Å². The van der Waals surface area contributed by atoms with Gasteiger partial charge in [-0.05, 0) is 42.3 Å². The third-order valence-corrected chi connectivity index (χ3v) is 4.24. The van der Waals surface area contributed by atoms with Crippen molar-refractivity contribution in [2.75, 3.05) is 19.6 Å². The zero-order valence-corrected chi connectivity index (χ0v) is 11.4. The minimum atomic E-state index is 0.367. The Bertz CT molecular complexity index is 538. The van der Waals surface area contributed by atoms with Gasteiger partial charge in [0.25, 0.3) is 0 Å². The van der Waals surface area contributed by atoms with Crippen LogP contribution in [0, 0.1) is 0 Å². The zero-order valence-electron chi connectivity index (χ0n) is 11.4. The molecule has 1 saturated heterocycles. The van der Waals surface area contributed by atoms with E-state index in [0.29, 0.717) is 12.6 Å². The van der Waals surface area contributed by atoms with Gasteiger partial charge in [-0.15, -0.1) is 0 Å². The Labute approximate surface area is 115 Å². The smallest absolute Gasteiger partial charge is 0.0476 e. The number of fused-ring (bicyclic) bond motifs is 1. The van der Waals surface area contributed by atoms with Gasteiger partial charge in [0.1, 0.15) is 0 Å². The highest BCUT2D eigenvalue weighted by Crippen LogP contribution is 2.29. The molecule has 0 amide bonds. The first-order valence-electron chi connectivity index (χ1n) is 7.32. The molecule has 1 fully saturated rings. The molecule has 2 aromatic rings. The van der Waals surface area contributed by atoms with Crippen molar-refractivity contribution < 1.29 is 0 Å². The number of nitrogens with two attached hydrogens (primary N) is 1. The lowest BCUT2D eigenvalue weighted by Crippen LogP contribution is -2.37. The van der Waals surface area contributed by atoms with E-state index < -0.39 is 0 Å². The molecule has 0 bridgehead atoms. The summed E-state index contributed by atoms with van der Waals surface area (Å²) in [4.78, 5) is 2.56. The molecule has 0 saturated carbocycles. The van der Waals surface area contributed by atoms with Crippen molar-refractivity contribution in [3.8, 4) is 0 Å². The van der Waals surface area contributed by atoms with Crippen LogP contribution >= 0.6 is 0 Å². The van der Waals surface area contributed by atoms with Gasteiger partial charge in [0.15, 0.2) is 0 Å². The fourth-order valence-corrected chi connectivity index (χ4v) is 3.24. The van der Waals surface area contributed by atoms with E-state index in [0.717, 1.165) is 0 Å². The van der Waals surface area contributed by atoms with Crippen molar-refractivity contribution in [1.29, 1.82) is 0 Å². The van der Waals surface area contributed by atoms with Gasteiger partial charge < -0.3 is 5.73 Å². The summed E-state index contributed by atoms with van der Waals surface area (Å²) in [6, 6.07) is 15.6. The van der Waals surface area contributed by atoms with Gasteiger partial charge >= 0.3 is 0 Å². The van der Waals surface area contributed by atoms with Crippen LogP contribution in [0.25, 0.3) is 10.8 Å². The second kappa shape index (κ2) is 5.72. The molecular formula is C17H22N2. The highest BCUT2D eigenvalue weighted by atomic mass is 15.2. The Morgan fingerprint density at radius 2 is 1.68 bits per heavy atom. The lowest BCUT2D eigenvalue weighted by Gasteiger charge is -2.34. The predicted molar refractivity (Wildman–Crippen MR) is 81.2 cm³/mol. The summed E-state index contributed by atoms with van der Waals surface area (Å²) < 4.78 is 0. The number of hydrogen-bond donors (Lipinski definition) is 1. The quantitative estimate of drug-likeness (QED) is 0.910. The zero-order chi connectivity index (χ0) is 13.1. The van der Waals surface area contributed by atoms with Crippen LogP contribution in [0.15, 0.2) is 42.5 Å². The van der Waals surface area contributed by atoms with Crippen LogP contribution < -0.4 is 5.73 Å². The summed E-state index contributed by atoms with van der Waals surface area (Å²) in [7, 11) is 0. The molecule has 0 aliphatic carbocycles. The SMILES string of the molecule is NCC(c1cccc2ccccc12)N1CCCCC1. The third kappa shape index (κ3) is 2.51. The van der Waals surface area contributed by atoms with Crippen molar-refractivity contribution >= 4 is 10.8 Å². The Morgan fingerprint density at radius 3 is 2.47 bits per heavy atom. The molecule has 0 aromatic heterocycles. The highest BCUT2D eigenvalue weighted by molar-refractivity contribution is 5.86. The fourth-order valence-electron chi connectivity index (χ4n) is 3.24.